The molecule has 0 bridgehead atoms. The van der Waals surface area contributed by atoms with Gasteiger partial charge in [0.15, 0.2) is 9.84 Å². The summed E-state index contributed by atoms with van der Waals surface area (Å²) >= 11 is 7.83. The largest absolute Gasteiger partial charge is 0.500 e. The summed E-state index contributed by atoms with van der Waals surface area (Å²) in [6.45, 7) is 12.6. The van der Waals surface area contributed by atoms with Crippen LogP contribution in [-0.4, -0.2) is 85.2 Å². The molecule has 13 rings (SSSR count). The molecule has 4 aromatic carbocycles. The molecule has 4 aliphatic carbocycles. The zero-order chi connectivity index (χ0) is 49.4. The lowest BCUT2D eigenvalue weighted by Crippen LogP contribution is -2.51. The number of hydrogen-bond donors (Lipinski definition) is 0. The first-order chi connectivity index (χ1) is 35.4. The fourth-order valence-corrected chi connectivity index (χ4v) is 17.3. The van der Waals surface area contributed by atoms with Crippen LogP contribution in [-0.2, 0) is 19.3 Å². The van der Waals surface area contributed by atoms with Gasteiger partial charge in [0.25, 0.3) is 0 Å². The van der Waals surface area contributed by atoms with Gasteiger partial charge in [0.1, 0.15) is 11.9 Å². The Labute approximate surface area is 443 Å². The molecular weight excluding hydrogens is 987 g/mol. The summed E-state index contributed by atoms with van der Waals surface area (Å²) < 4.78 is 36.1. The maximum atomic E-state index is 12.7. The summed E-state index contributed by atoms with van der Waals surface area (Å²) in [5, 5.41) is 1.59. The predicted molar refractivity (Wildman–Crippen MR) is 307 cm³/mol. The number of anilines is 3. The average molecular weight is 1050 g/mol. The van der Waals surface area contributed by atoms with Gasteiger partial charge in [-0.15, -0.1) is 47.0 Å². The van der Waals surface area contributed by atoms with Gasteiger partial charge in [0, 0.05) is 37.6 Å². The lowest BCUT2D eigenvalue weighted by molar-refractivity contribution is 0.255. The molecule has 0 spiro atoms. The Kier molecular flexibility index (Phi) is 16.1. The fraction of sp³-hybridized carbons (Fsp3) is 0.233. The van der Waals surface area contributed by atoms with Crippen LogP contribution in [0, 0.1) is 0 Å². The molecule has 0 amide bonds. The van der Waals surface area contributed by atoms with E-state index in [9.17, 15) is 8.42 Å². The molecule has 9 unspecified atom stereocenters. The minimum atomic E-state index is -3.31. The summed E-state index contributed by atoms with van der Waals surface area (Å²) in [5.41, 5.74) is 4.77. The molecule has 368 valence electrons. The van der Waals surface area contributed by atoms with Gasteiger partial charge in [0.2, 0.25) is 0 Å². The number of rotatable bonds is 8. The quantitative estimate of drug-likeness (QED) is 0.0963. The highest BCUT2D eigenvalue weighted by molar-refractivity contribution is 8.06. The molecule has 1 fully saturated rings. The summed E-state index contributed by atoms with van der Waals surface area (Å²) in [6, 6.07) is 33.9. The molecule has 12 heteroatoms. The Morgan fingerprint density at radius 2 is 1.18 bits per heavy atom. The van der Waals surface area contributed by atoms with E-state index in [1.165, 1.54) is 42.8 Å². The monoisotopic (exact) mass is 1050 g/mol. The second-order valence-corrected chi connectivity index (χ2v) is 24.8. The van der Waals surface area contributed by atoms with Gasteiger partial charge in [-0.3, -0.25) is 0 Å². The number of sulfone groups is 1. The molecule has 0 aromatic heterocycles. The minimum Gasteiger partial charge on any atom is -0.500 e. The SMILES string of the molecule is C/C=C\N1c2ccccc2SC2C=CC=CC21.C=CC1=CC=CC2Sc3ccccc3SC12.C=COCCN1c2ccccc2SC2C=CC=CC21.O=S1(=O)c2ccccc2N(CC2CO2)C2C=CC=CC21. The molecule has 5 heterocycles. The van der Waals surface area contributed by atoms with Crippen LogP contribution in [0.5, 0.6) is 0 Å². The van der Waals surface area contributed by atoms with Gasteiger partial charge in [-0.25, -0.2) is 8.42 Å². The molecule has 9 aliphatic rings. The molecule has 9 atom stereocenters. The summed E-state index contributed by atoms with van der Waals surface area (Å²) in [7, 11) is -3.31. The standard InChI is InChI=1S/C16H17NOS.C15H15NO3S.C15H15NS.C14H12S2/c1-2-18-12-11-17-13-7-3-5-9-15(13)19-16-10-6-4-8-14(16)17;17-20(18)14-7-3-1-5-12(14)16(9-11-10-19-11)13-6-2-4-8-15(13)20;1-2-11-16-12-7-3-5-9-14(12)17-15-10-6-4-8-13(15)16;1-2-10-6-5-9-13-14(10)16-12-8-4-3-7-11(12)15-13/h2-10,13,15H,1,11-12H2;1-8,11-12,14H,9-10H2;2-12,14H,1H3;2-9,13-14H,1H2/b;;11-2-;. The zero-order valence-electron chi connectivity index (χ0n) is 40.2. The van der Waals surface area contributed by atoms with Crippen molar-refractivity contribution in [1.29, 1.82) is 0 Å². The van der Waals surface area contributed by atoms with E-state index in [1.807, 2.05) is 83.5 Å². The third-order valence-corrected chi connectivity index (χ3v) is 21.2. The molecule has 5 aliphatic heterocycles. The minimum absolute atomic E-state index is 0.135. The number of ether oxygens (including phenoxy) is 2. The number of benzene rings is 4. The summed E-state index contributed by atoms with van der Waals surface area (Å²) in [6.07, 6.45) is 39.9. The van der Waals surface area contributed by atoms with Crippen LogP contribution in [0.1, 0.15) is 6.92 Å². The van der Waals surface area contributed by atoms with E-state index in [1.54, 1.807) is 18.2 Å². The van der Waals surface area contributed by atoms with Crippen molar-refractivity contribution in [2.45, 2.75) is 81.9 Å². The molecule has 0 radical (unpaired) electrons. The van der Waals surface area contributed by atoms with E-state index in [4.69, 9.17) is 9.47 Å². The summed E-state index contributed by atoms with van der Waals surface area (Å²) in [5.74, 6) is 0. The molecule has 1 saturated heterocycles. The van der Waals surface area contributed by atoms with Crippen molar-refractivity contribution in [1.82, 2.24) is 0 Å². The maximum Gasteiger partial charge on any atom is 0.189 e. The molecule has 0 saturated carbocycles. The van der Waals surface area contributed by atoms with Crippen LogP contribution in [0.3, 0.4) is 0 Å². The third-order valence-electron chi connectivity index (χ3n) is 13.4. The highest BCUT2D eigenvalue weighted by Gasteiger charge is 2.45. The van der Waals surface area contributed by atoms with E-state index in [-0.39, 0.29) is 12.1 Å². The Morgan fingerprint density at radius 3 is 1.88 bits per heavy atom. The van der Waals surface area contributed by atoms with Crippen molar-refractivity contribution < 1.29 is 17.9 Å². The average Bonchev–Trinajstić information content (AvgIpc) is 4.26. The van der Waals surface area contributed by atoms with Crippen molar-refractivity contribution in [2.75, 3.05) is 41.0 Å². The van der Waals surface area contributed by atoms with Crippen molar-refractivity contribution in [3.05, 3.63) is 232 Å². The third kappa shape index (κ3) is 10.9. The molecule has 4 aromatic rings. The van der Waals surface area contributed by atoms with Crippen LogP contribution in [0.4, 0.5) is 17.1 Å². The smallest absolute Gasteiger partial charge is 0.189 e. The van der Waals surface area contributed by atoms with Gasteiger partial charge in [0.05, 0.1) is 81.4 Å². The molecule has 72 heavy (non-hydrogen) atoms. The van der Waals surface area contributed by atoms with E-state index in [0.717, 1.165) is 25.4 Å². The van der Waals surface area contributed by atoms with Crippen molar-refractivity contribution in [3.63, 3.8) is 0 Å². The number of thioether (sulfide) groups is 4. The second kappa shape index (κ2) is 23.2. The number of hydrogen-bond acceptors (Lipinski definition) is 11. The van der Waals surface area contributed by atoms with Gasteiger partial charge in [-0.2, -0.15) is 0 Å². The van der Waals surface area contributed by atoms with Crippen molar-refractivity contribution in [3.8, 4) is 0 Å². The highest BCUT2D eigenvalue weighted by Crippen LogP contribution is 2.49. The van der Waals surface area contributed by atoms with E-state index < -0.39 is 15.1 Å². The van der Waals surface area contributed by atoms with Crippen LogP contribution < -0.4 is 14.7 Å². The fourth-order valence-electron chi connectivity index (χ4n) is 9.93. The van der Waals surface area contributed by atoms with Gasteiger partial charge in [-0.05, 0) is 61.0 Å². The molecular formula is C60H59N3O4S5. The number of allylic oxidation sites excluding steroid dienone is 10. The van der Waals surface area contributed by atoms with E-state index in [2.05, 4.69) is 187 Å². The number of nitrogens with zero attached hydrogens (tertiary/aromatic N) is 3. The number of epoxide rings is 1. The van der Waals surface area contributed by atoms with Crippen molar-refractivity contribution in [2.24, 2.45) is 0 Å². The first-order valence-corrected chi connectivity index (χ1v) is 29.5. The normalized spacial score (nSPS) is 27.4. The van der Waals surface area contributed by atoms with Crippen LogP contribution in [0.2, 0.25) is 0 Å². The molecule has 7 nitrogen and oxygen atoms in total. The van der Waals surface area contributed by atoms with Crippen LogP contribution >= 0.6 is 47.0 Å². The van der Waals surface area contributed by atoms with Gasteiger partial charge < -0.3 is 24.2 Å². The molecule has 0 N–H and O–H groups in total. The zero-order valence-corrected chi connectivity index (χ0v) is 44.2. The van der Waals surface area contributed by atoms with Gasteiger partial charge >= 0.3 is 0 Å². The predicted octanol–water partition coefficient (Wildman–Crippen LogP) is 13.5. The lowest BCUT2D eigenvalue weighted by atomic mass is 10.0. The first kappa shape index (κ1) is 50.1. The first-order valence-electron chi connectivity index (χ1n) is 24.5. The Balaban J connectivity index is 0.000000111. The van der Waals surface area contributed by atoms with Crippen molar-refractivity contribution >= 4 is 73.9 Å². The Hall–Kier alpha value is -5.47. The Morgan fingerprint density at radius 1 is 0.625 bits per heavy atom. The number of fused-ring (bicyclic) bond motifs is 8. The maximum absolute atomic E-state index is 12.7. The van der Waals surface area contributed by atoms with Crippen LogP contribution in [0.25, 0.3) is 0 Å². The van der Waals surface area contributed by atoms with Crippen LogP contribution in [0.15, 0.2) is 256 Å². The van der Waals surface area contributed by atoms with E-state index >= 15 is 0 Å². The summed E-state index contributed by atoms with van der Waals surface area (Å²) in [4.78, 5) is 12.9. The second-order valence-electron chi connectivity index (χ2n) is 17.9. The Bertz CT molecular complexity index is 3020. The van der Waals surface area contributed by atoms with E-state index in [0.29, 0.717) is 44.6 Å². The highest BCUT2D eigenvalue weighted by atomic mass is 32.2. The lowest BCUT2D eigenvalue weighted by Gasteiger charge is -2.41. The number of para-hydroxylation sites is 3. The topological polar surface area (TPSA) is 65.6 Å². The van der Waals surface area contributed by atoms with Gasteiger partial charge in [-0.1, -0.05) is 165 Å².